The summed E-state index contributed by atoms with van der Waals surface area (Å²) in [6.45, 7) is 3.90. The molecular weight excluding hydrogens is 245 g/mol. The van der Waals surface area contributed by atoms with Gasteiger partial charge in [-0.15, -0.1) is 0 Å². The van der Waals surface area contributed by atoms with Crippen molar-refractivity contribution in [3.63, 3.8) is 0 Å². The van der Waals surface area contributed by atoms with Gasteiger partial charge in [-0.1, -0.05) is 12.1 Å². The largest absolute Gasteiger partial charge is 0.390 e. The molecule has 0 spiro atoms. The molecule has 0 bridgehead atoms. The van der Waals surface area contributed by atoms with E-state index in [1.807, 2.05) is 6.92 Å². The van der Waals surface area contributed by atoms with Crippen LogP contribution in [0.15, 0.2) is 18.2 Å². The van der Waals surface area contributed by atoms with Crippen molar-refractivity contribution < 1.29 is 9.50 Å². The molecule has 104 valence electrons. The van der Waals surface area contributed by atoms with Crippen molar-refractivity contribution in [3.8, 4) is 0 Å². The molecule has 1 aliphatic heterocycles. The van der Waals surface area contributed by atoms with E-state index in [1.54, 1.807) is 12.1 Å². The normalized spacial score (nSPS) is 19.3. The molecule has 1 aliphatic rings. The monoisotopic (exact) mass is 265 g/mol. The average molecular weight is 265 g/mol. The maximum Gasteiger partial charge on any atom is 0.128 e. The van der Waals surface area contributed by atoms with Gasteiger partial charge in [-0.05, 0) is 25.8 Å². The molecule has 0 aromatic heterocycles. The summed E-state index contributed by atoms with van der Waals surface area (Å²) in [6.07, 6.45) is 1.42. The minimum atomic E-state index is -0.590. The van der Waals surface area contributed by atoms with Crippen molar-refractivity contribution in [3.05, 3.63) is 35.1 Å². The van der Waals surface area contributed by atoms with Gasteiger partial charge in [0.05, 0.1) is 5.60 Å². The first-order chi connectivity index (χ1) is 8.87. The van der Waals surface area contributed by atoms with Crippen LogP contribution in [0, 0.1) is 11.2 Å². The molecule has 1 saturated heterocycles. The SMILES string of the molecule is CC1(O)CCN(Cc2ccc(C(=N)N)cc2F)CC1. The maximum atomic E-state index is 13.9. The molecule has 0 atom stereocenters. The number of nitrogen functional groups attached to an aromatic ring is 1. The molecule has 1 fully saturated rings. The van der Waals surface area contributed by atoms with E-state index >= 15 is 0 Å². The van der Waals surface area contributed by atoms with Gasteiger partial charge in [-0.2, -0.15) is 0 Å². The first-order valence-corrected chi connectivity index (χ1v) is 6.45. The topological polar surface area (TPSA) is 73.3 Å². The smallest absolute Gasteiger partial charge is 0.128 e. The molecule has 0 radical (unpaired) electrons. The fourth-order valence-corrected chi connectivity index (χ4v) is 2.28. The summed E-state index contributed by atoms with van der Waals surface area (Å²) in [5.74, 6) is -0.454. The predicted octanol–water partition coefficient (Wildman–Crippen LogP) is 1.46. The Morgan fingerprint density at radius 2 is 2.11 bits per heavy atom. The standard InChI is InChI=1S/C14H20FN3O/c1-14(19)4-6-18(7-5-14)9-11-3-2-10(13(16)17)8-12(11)15/h2-3,8,19H,4-7,9H2,1H3,(H3,16,17). The minimum absolute atomic E-state index is 0.125. The quantitative estimate of drug-likeness (QED) is 0.572. The summed E-state index contributed by atoms with van der Waals surface area (Å²) in [5.41, 5.74) is 5.74. The summed E-state index contributed by atoms with van der Waals surface area (Å²) in [5, 5.41) is 17.1. The van der Waals surface area contributed by atoms with Crippen LogP contribution in [0.2, 0.25) is 0 Å². The molecule has 0 amide bonds. The minimum Gasteiger partial charge on any atom is -0.390 e. The fraction of sp³-hybridized carbons (Fsp3) is 0.500. The lowest BCUT2D eigenvalue weighted by Crippen LogP contribution is -2.42. The molecule has 0 unspecified atom stereocenters. The molecule has 1 aromatic carbocycles. The Hall–Kier alpha value is -1.46. The second kappa shape index (κ2) is 5.27. The van der Waals surface area contributed by atoms with Crippen LogP contribution in [-0.2, 0) is 6.54 Å². The van der Waals surface area contributed by atoms with Gasteiger partial charge in [-0.3, -0.25) is 10.3 Å². The first-order valence-electron chi connectivity index (χ1n) is 6.45. The number of nitrogens with zero attached hydrogens (tertiary/aromatic N) is 1. The summed E-state index contributed by atoms with van der Waals surface area (Å²) in [6, 6.07) is 4.65. The molecule has 0 saturated carbocycles. The van der Waals surface area contributed by atoms with E-state index in [0.29, 0.717) is 30.5 Å². The lowest BCUT2D eigenvalue weighted by atomic mass is 9.93. The molecule has 4 N–H and O–H groups in total. The Morgan fingerprint density at radius 1 is 1.47 bits per heavy atom. The van der Waals surface area contributed by atoms with Crippen LogP contribution >= 0.6 is 0 Å². The zero-order valence-electron chi connectivity index (χ0n) is 11.1. The Labute approximate surface area is 112 Å². The summed E-state index contributed by atoms with van der Waals surface area (Å²) in [7, 11) is 0. The molecular formula is C14H20FN3O. The van der Waals surface area contributed by atoms with Crippen molar-refractivity contribution in [2.75, 3.05) is 13.1 Å². The Kier molecular flexibility index (Phi) is 3.87. The fourth-order valence-electron chi connectivity index (χ4n) is 2.28. The third-order valence-corrected chi connectivity index (χ3v) is 3.69. The van der Waals surface area contributed by atoms with Crippen molar-refractivity contribution in [1.29, 1.82) is 5.41 Å². The highest BCUT2D eigenvalue weighted by Gasteiger charge is 2.27. The van der Waals surface area contributed by atoms with E-state index in [-0.39, 0.29) is 11.7 Å². The summed E-state index contributed by atoms with van der Waals surface area (Å²) >= 11 is 0. The number of aliphatic hydroxyl groups is 1. The number of nitrogens with one attached hydrogen (secondary N) is 1. The van der Waals surface area contributed by atoms with Crippen LogP contribution in [0.3, 0.4) is 0 Å². The van der Waals surface area contributed by atoms with Crippen LogP contribution in [0.4, 0.5) is 4.39 Å². The van der Waals surface area contributed by atoms with Gasteiger partial charge in [0.1, 0.15) is 11.7 Å². The second-order valence-electron chi connectivity index (χ2n) is 5.49. The zero-order chi connectivity index (χ0) is 14.0. The Morgan fingerprint density at radius 3 is 2.63 bits per heavy atom. The Balaban J connectivity index is 2.02. The molecule has 1 aromatic rings. The van der Waals surface area contributed by atoms with E-state index in [2.05, 4.69) is 4.90 Å². The number of benzene rings is 1. The highest BCUT2D eigenvalue weighted by Crippen LogP contribution is 2.23. The summed E-state index contributed by atoms with van der Waals surface area (Å²) in [4.78, 5) is 2.13. The van der Waals surface area contributed by atoms with Crippen molar-refractivity contribution in [2.45, 2.75) is 31.9 Å². The van der Waals surface area contributed by atoms with Gasteiger partial charge in [0.2, 0.25) is 0 Å². The molecule has 1 heterocycles. The average Bonchev–Trinajstić information content (AvgIpc) is 2.34. The third-order valence-electron chi connectivity index (χ3n) is 3.69. The van der Waals surface area contributed by atoms with E-state index in [0.717, 1.165) is 13.1 Å². The van der Waals surface area contributed by atoms with Crippen molar-refractivity contribution >= 4 is 5.84 Å². The van der Waals surface area contributed by atoms with Gasteiger partial charge < -0.3 is 10.8 Å². The van der Waals surface area contributed by atoms with Crippen LogP contribution in [0.1, 0.15) is 30.9 Å². The zero-order valence-corrected chi connectivity index (χ0v) is 11.1. The van der Waals surface area contributed by atoms with Gasteiger partial charge in [0.25, 0.3) is 0 Å². The summed E-state index contributed by atoms with van der Waals surface area (Å²) < 4.78 is 13.9. The van der Waals surface area contributed by atoms with E-state index in [9.17, 15) is 9.50 Å². The Bertz CT molecular complexity index is 478. The second-order valence-corrected chi connectivity index (χ2v) is 5.49. The van der Waals surface area contributed by atoms with Crippen molar-refractivity contribution in [2.24, 2.45) is 5.73 Å². The predicted molar refractivity (Wildman–Crippen MR) is 72.6 cm³/mol. The first kappa shape index (κ1) is 14.0. The maximum absolute atomic E-state index is 13.9. The molecule has 0 aliphatic carbocycles. The van der Waals surface area contributed by atoms with E-state index < -0.39 is 5.60 Å². The molecule has 4 nitrogen and oxygen atoms in total. The molecule has 5 heteroatoms. The van der Waals surface area contributed by atoms with Gasteiger partial charge in [-0.25, -0.2) is 4.39 Å². The number of likely N-dealkylation sites (tertiary alicyclic amines) is 1. The van der Waals surface area contributed by atoms with Crippen LogP contribution < -0.4 is 5.73 Å². The molecule has 19 heavy (non-hydrogen) atoms. The third kappa shape index (κ3) is 3.52. The van der Waals surface area contributed by atoms with E-state index in [4.69, 9.17) is 11.1 Å². The van der Waals surface area contributed by atoms with Crippen molar-refractivity contribution in [1.82, 2.24) is 4.90 Å². The number of nitrogens with two attached hydrogens (primary N) is 1. The lowest BCUT2D eigenvalue weighted by molar-refractivity contribution is -0.00749. The highest BCUT2D eigenvalue weighted by molar-refractivity contribution is 5.94. The lowest BCUT2D eigenvalue weighted by Gasteiger charge is -2.35. The van der Waals surface area contributed by atoms with Gasteiger partial charge >= 0.3 is 0 Å². The number of rotatable bonds is 3. The van der Waals surface area contributed by atoms with Gasteiger partial charge in [0, 0.05) is 30.8 Å². The number of hydrogen-bond acceptors (Lipinski definition) is 3. The highest BCUT2D eigenvalue weighted by atomic mass is 19.1. The number of piperidine rings is 1. The number of hydrogen-bond donors (Lipinski definition) is 3. The van der Waals surface area contributed by atoms with E-state index in [1.165, 1.54) is 6.07 Å². The number of amidine groups is 1. The number of halogens is 1. The van der Waals surface area contributed by atoms with Crippen LogP contribution in [-0.4, -0.2) is 34.5 Å². The van der Waals surface area contributed by atoms with Gasteiger partial charge in [0.15, 0.2) is 0 Å². The van der Waals surface area contributed by atoms with Crippen LogP contribution in [0.5, 0.6) is 0 Å². The van der Waals surface area contributed by atoms with Crippen LogP contribution in [0.25, 0.3) is 0 Å². The molecule has 2 rings (SSSR count).